The van der Waals surface area contributed by atoms with Crippen molar-refractivity contribution >= 4 is 51.7 Å². The van der Waals surface area contributed by atoms with Crippen LogP contribution in [-0.4, -0.2) is 56.5 Å². The van der Waals surface area contributed by atoms with Crippen molar-refractivity contribution in [1.82, 2.24) is 20.2 Å². The van der Waals surface area contributed by atoms with E-state index in [0.29, 0.717) is 29.7 Å². The first-order chi connectivity index (χ1) is 28.5. The second-order valence-corrected chi connectivity index (χ2v) is 15.5. The van der Waals surface area contributed by atoms with E-state index in [1.807, 2.05) is 79.9 Å². The lowest BCUT2D eigenvalue weighted by Crippen LogP contribution is -2.52. The summed E-state index contributed by atoms with van der Waals surface area (Å²) in [5.74, 6) is -1.68. The van der Waals surface area contributed by atoms with Crippen molar-refractivity contribution in [2.75, 3.05) is 10.6 Å². The maximum absolute atomic E-state index is 13.5. The second-order valence-electron chi connectivity index (χ2n) is 15.5. The summed E-state index contributed by atoms with van der Waals surface area (Å²) < 4.78 is 0. The van der Waals surface area contributed by atoms with Crippen LogP contribution in [0, 0.1) is 0 Å². The van der Waals surface area contributed by atoms with Gasteiger partial charge >= 0.3 is 0 Å². The van der Waals surface area contributed by atoms with Gasteiger partial charge in [0.25, 0.3) is 11.8 Å². The molecule has 4 aromatic carbocycles. The van der Waals surface area contributed by atoms with E-state index >= 15 is 0 Å². The van der Waals surface area contributed by atoms with Gasteiger partial charge in [0.1, 0.15) is 11.7 Å². The smallest absolute Gasteiger partial charge is 0.267 e. The average molecular weight is 784 g/mol. The number of benzene rings is 4. The minimum Gasteiger partial charge on any atom is -0.380 e. The number of amides is 5. The standard InChI is InChI=1S/C47H41N7O5/c1-3-26-18-35(44-39(19-26)52-42(56)15-25(2)51-44)33-11-5-9-29-21-38(49-23-36(29)33)31-20-30(43(45(48)57)50-22-31)17-27-7-4-8-28(16-27)32-10-6-12-34-37(32)24-54(47(34)59)40-13-14-41(55)53-46(40)58/h4-12,16,18-23,25,40,51H,3,13-15,17,24H2,1-2H3,(H2,48,57)(H,52,56)(H,53,55,58)/t25-,40?/m1/s1. The number of rotatable bonds is 8. The number of nitrogens with zero attached hydrogens (tertiary/aromatic N) is 3. The van der Waals surface area contributed by atoms with E-state index < -0.39 is 17.9 Å². The van der Waals surface area contributed by atoms with Crippen molar-refractivity contribution in [2.24, 2.45) is 5.73 Å². The van der Waals surface area contributed by atoms with Crippen LogP contribution in [-0.2, 0) is 33.8 Å². The van der Waals surface area contributed by atoms with Crippen molar-refractivity contribution in [3.05, 3.63) is 131 Å². The highest BCUT2D eigenvalue weighted by Gasteiger charge is 2.40. The molecule has 0 bridgehead atoms. The Morgan fingerprint density at radius 2 is 1.61 bits per heavy atom. The average Bonchev–Trinajstić information content (AvgIpc) is 3.47. The summed E-state index contributed by atoms with van der Waals surface area (Å²) in [5, 5.41) is 10.9. The molecule has 1 saturated heterocycles. The number of nitrogens with two attached hydrogens (primary N) is 1. The number of piperidine rings is 1. The van der Waals surface area contributed by atoms with Crippen molar-refractivity contribution in [1.29, 1.82) is 0 Å². The minimum atomic E-state index is -0.711. The second kappa shape index (κ2) is 14.9. The predicted molar refractivity (Wildman–Crippen MR) is 225 cm³/mol. The monoisotopic (exact) mass is 783 g/mol. The Morgan fingerprint density at radius 1 is 0.814 bits per heavy atom. The molecule has 1 unspecified atom stereocenters. The zero-order valence-electron chi connectivity index (χ0n) is 32.6. The predicted octanol–water partition coefficient (Wildman–Crippen LogP) is 6.79. The summed E-state index contributed by atoms with van der Waals surface area (Å²) in [7, 11) is 0. The third kappa shape index (κ3) is 6.96. The number of fused-ring (bicyclic) bond motifs is 3. The Bertz CT molecular complexity index is 2780. The number of aromatic nitrogens is 2. The molecule has 12 heteroatoms. The molecule has 0 aliphatic carbocycles. The minimum absolute atomic E-state index is 0.0210. The zero-order valence-corrected chi connectivity index (χ0v) is 32.6. The molecule has 1 fully saturated rings. The van der Waals surface area contributed by atoms with Gasteiger partial charge in [-0.15, -0.1) is 0 Å². The Balaban J connectivity index is 1.03. The number of hydrogen-bond acceptors (Lipinski definition) is 8. The lowest BCUT2D eigenvalue weighted by atomic mass is 9.93. The Morgan fingerprint density at radius 3 is 2.42 bits per heavy atom. The van der Waals surface area contributed by atoms with E-state index in [0.717, 1.165) is 73.1 Å². The molecule has 5 amide bonds. The van der Waals surface area contributed by atoms with Gasteiger partial charge < -0.3 is 21.3 Å². The van der Waals surface area contributed by atoms with Gasteiger partial charge in [-0.3, -0.25) is 39.3 Å². The summed E-state index contributed by atoms with van der Waals surface area (Å²) in [4.78, 5) is 74.3. The molecule has 5 N–H and O–H groups in total. The van der Waals surface area contributed by atoms with Crippen LogP contribution in [0.2, 0.25) is 0 Å². The van der Waals surface area contributed by atoms with Crippen molar-refractivity contribution in [2.45, 2.75) is 64.6 Å². The summed E-state index contributed by atoms with van der Waals surface area (Å²) >= 11 is 0. The van der Waals surface area contributed by atoms with Gasteiger partial charge in [-0.05, 0) is 101 Å². The molecular formula is C47H41N7O5. The Labute approximate surface area is 340 Å². The molecule has 9 rings (SSSR count). The van der Waals surface area contributed by atoms with E-state index in [1.54, 1.807) is 17.2 Å². The van der Waals surface area contributed by atoms with Gasteiger partial charge in [0.2, 0.25) is 17.7 Å². The number of anilines is 2. The van der Waals surface area contributed by atoms with Crippen LogP contribution in [0.4, 0.5) is 11.4 Å². The summed E-state index contributed by atoms with van der Waals surface area (Å²) in [5.41, 5.74) is 16.8. The van der Waals surface area contributed by atoms with Crippen LogP contribution in [0.1, 0.15) is 76.2 Å². The first kappa shape index (κ1) is 37.4. The normalized spacial score (nSPS) is 17.5. The maximum Gasteiger partial charge on any atom is 0.267 e. The number of nitrogens with one attached hydrogen (secondary N) is 3. The van der Waals surface area contributed by atoms with Crippen LogP contribution >= 0.6 is 0 Å². The topological polar surface area (TPSA) is 176 Å². The quantitative estimate of drug-likeness (QED) is 0.122. The number of primary amides is 1. The number of aryl methyl sites for hydroxylation is 1. The zero-order chi connectivity index (χ0) is 40.9. The molecule has 12 nitrogen and oxygen atoms in total. The van der Waals surface area contributed by atoms with E-state index in [9.17, 15) is 24.0 Å². The molecular weight excluding hydrogens is 743 g/mol. The molecule has 59 heavy (non-hydrogen) atoms. The van der Waals surface area contributed by atoms with Gasteiger partial charge in [0, 0.05) is 59.9 Å². The van der Waals surface area contributed by atoms with Gasteiger partial charge in [0.05, 0.1) is 17.1 Å². The van der Waals surface area contributed by atoms with Crippen LogP contribution in [0.3, 0.4) is 0 Å². The highest BCUT2D eigenvalue weighted by atomic mass is 16.2. The van der Waals surface area contributed by atoms with E-state index in [-0.39, 0.29) is 48.8 Å². The maximum atomic E-state index is 13.5. The third-order valence-corrected chi connectivity index (χ3v) is 11.5. The SMILES string of the molecule is CCc1cc2c(c(-c3cccc4cc(-c5cnc(C(N)=O)c(Cc6cccc(-c7cccc8c7CN(C7CCC(=O)NC7=O)C8=O)c6)c5)ncc34)c1)N[C@H](C)CC(=O)N2. The van der Waals surface area contributed by atoms with Crippen LogP contribution in [0.15, 0.2) is 97.3 Å². The van der Waals surface area contributed by atoms with Crippen molar-refractivity contribution in [3.63, 3.8) is 0 Å². The van der Waals surface area contributed by atoms with Crippen LogP contribution in [0.5, 0.6) is 0 Å². The Hall–Kier alpha value is -7.21. The molecule has 5 heterocycles. The molecule has 2 aromatic heterocycles. The summed E-state index contributed by atoms with van der Waals surface area (Å²) in [6, 6.07) is 27.0. The lowest BCUT2D eigenvalue weighted by Gasteiger charge is -2.29. The van der Waals surface area contributed by atoms with Gasteiger partial charge in [-0.1, -0.05) is 61.5 Å². The third-order valence-electron chi connectivity index (χ3n) is 11.5. The van der Waals surface area contributed by atoms with Gasteiger partial charge in [-0.2, -0.15) is 0 Å². The Kier molecular flexibility index (Phi) is 9.47. The van der Waals surface area contributed by atoms with Crippen LogP contribution in [0.25, 0.3) is 44.3 Å². The lowest BCUT2D eigenvalue weighted by molar-refractivity contribution is -0.137. The molecule has 3 aliphatic rings. The first-order valence-electron chi connectivity index (χ1n) is 19.8. The van der Waals surface area contributed by atoms with E-state index in [2.05, 4.69) is 40.0 Å². The largest absolute Gasteiger partial charge is 0.380 e. The van der Waals surface area contributed by atoms with Crippen LogP contribution < -0.4 is 21.7 Å². The summed E-state index contributed by atoms with van der Waals surface area (Å²) in [6.45, 7) is 4.35. The van der Waals surface area contributed by atoms with E-state index in [4.69, 9.17) is 10.7 Å². The molecule has 0 saturated carbocycles. The number of pyridine rings is 2. The molecule has 2 atom stereocenters. The van der Waals surface area contributed by atoms with Gasteiger partial charge in [0.15, 0.2) is 0 Å². The van der Waals surface area contributed by atoms with Crippen molar-refractivity contribution < 1.29 is 24.0 Å². The fourth-order valence-electron chi connectivity index (χ4n) is 8.65. The van der Waals surface area contributed by atoms with E-state index in [1.165, 1.54) is 0 Å². The number of imide groups is 1. The summed E-state index contributed by atoms with van der Waals surface area (Å²) in [6.07, 6.45) is 5.48. The van der Waals surface area contributed by atoms with Gasteiger partial charge in [-0.25, -0.2) is 0 Å². The fourth-order valence-corrected chi connectivity index (χ4v) is 8.65. The number of hydrogen-bond donors (Lipinski definition) is 4. The molecule has 294 valence electrons. The highest BCUT2D eigenvalue weighted by molar-refractivity contribution is 6.07. The highest BCUT2D eigenvalue weighted by Crippen LogP contribution is 2.42. The van der Waals surface area contributed by atoms with Crippen molar-refractivity contribution in [3.8, 4) is 33.5 Å². The molecule has 6 aromatic rings. The number of carbonyl (C=O) groups is 5. The first-order valence-corrected chi connectivity index (χ1v) is 19.8. The fraction of sp³-hybridized carbons (Fsp3) is 0.213. The molecule has 0 radical (unpaired) electrons. The molecule has 0 spiro atoms. The molecule has 3 aliphatic heterocycles. The number of carbonyl (C=O) groups excluding carboxylic acids is 5.